The van der Waals surface area contributed by atoms with E-state index in [9.17, 15) is 5.11 Å². The van der Waals surface area contributed by atoms with Crippen LogP contribution in [0.5, 0.6) is 0 Å². The van der Waals surface area contributed by atoms with Gasteiger partial charge in [-0.05, 0) is 35.7 Å². The Kier molecular flexibility index (Phi) is 3.76. The van der Waals surface area contributed by atoms with E-state index in [1.807, 2.05) is 37.3 Å². The summed E-state index contributed by atoms with van der Waals surface area (Å²) in [6.07, 6.45) is 0.000987. The van der Waals surface area contributed by atoms with Gasteiger partial charge in [-0.3, -0.25) is 0 Å². The molecule has 1 N–H and O–H groups in total. The van der Waals surface area contributed by atoms with Crippen molar-refractivity contribution in [1.82, 2.24) is 0 Å². The summed E-state index contributed by atoms with van der Waals surface area (Å²) in [4.78, 5) is 0. The molecule has 1 atom stereocenters. The standard InChI is InChI=1S/C16H15NO/c1-12-5-2-3-7-14(12)10-16(18)15-8-4-6-13(9-15)11-17/h2-9,16,18H,10H2,1H3. The SMILES string of the molecule is Cc1ccccc1CC(O)c1cccc(C#N)c1. The van der Waals surface area contributed by atoms with Gasteiger partial charge in [0.25, 0.3) is 0 Å². The lowest BCUT2D eigenvalue weighted by Crippen LogP contribution is -2.03. The van der Waals surface area contributed by atoms with Crippen molar-refractivity contribution in [3.63, 3.8) is 0 Å². The van der Waals surface area contributed by atoms with E-state index in [2.05, 4.69) is 6.07 Å². The van der Waals surface area contributed by atoms with Crippen molar-refractivity contribution in [2.45, 2.75) is 19.4 Å². The molecule has 2 rings (SSSR count). The molecule has 90 valence electrons. The molecule has 0 aliphatic rings. The van der Waals surface area contributed by atoms with Crippen molar-refractivity contribution >= 4 is 0 Å². The average molecular weight is 237 g/mol. The van der Waals surface area contributed by atoms with E-state index in [-0.39, 0.29) is 0 Å². The number of aryl methyl sites for hydroxylation is 1. The van der Waals surface area contributed by atoms with Gasteiger partial charge in [-0.2, -0.15) is 5.26 Å². The van der Waals surface area contributed by atoms with E-state index in [1.54, 1.807) is 18.2 Å². The first-order valence-electron chi connectivity index (χ1n) is 5.93. The minimum absolute atomic E-state index is 0.570. The summed E-state index contributed by atoms with van der Waals surface area (Å²) < 4.78 is 0. The molecular weight excluding hydrogens is 222 g/mol. The number of hydrogen-bond donors (Lipinski definition) is 1. The van der Waals surface area contributed by atoms with Gasteiger partial charge in [0.15, 0.2) is 0 Å². The van der Waals surface area contributed by atoms with Gasteiger partial charge in [-0.1, -0.05) is 36.4 Å². The average Bonchev–Trinajstić information content (AvgIpc) is 2.41. The zero-order chi connectivity index (χ0) is 13.0. The van der Waals surface area contributed by atoms with Gasteiger partial charge in [0.1, 0.15) is 0 Å². The monoisotopic (exact) mass is 237 g/mol. The second-order valence-electron chi connectivity index (χ2n) is 4.38. The lowest BCUT2D eigenvalue weighted by Gasteiger charge is -2.13. The van der Waals surface area contributed by atoms with E-state index in [0.29, 0.717) is 12.0 Å². The molecule has 0 amide bonds. The van der Waals surface area contributed by atoms with Crippen LogP contribution in [0.3, 0.4) is 0 Å². The van der Waals surface area contributed by atoms with Crippen LogP contribution in [-0.4, -0.2) is 5.11 Å². The lowest BCUT2D eigenvalue weighted by molar-refractivity contribution is 0.178. The molecular formula is C16H15NO. The molecule has 0 aliphatic carbocycles. The molecule has 0 radical (unpaired) electrons. The van der Waals surface area contributed by atoms with E-state index in [4.69, 9.17) is 5.26 Å². The van der Waals surface area contributed by atoms with Crippen molar-refractivity contribution in [3.05, 3.63) is 70.8 Å². The van der Waals surface area contributed by atoms with Crippen LogP contribution in [0, 0.1) is 18.3 Å². The summed E-state index contributed by atoms with van der Waals surface area (Å²) in [6, 6.07) is 17.2. The molecule has 2 nitrogen and oxygen atoms in total. The molecule has 0 aromatic heterocycles. The van der Waals surface area contributed by atoms with Gasteiger partial charge in [-0.15, -0.1) is 0 Å². The summed E-state index contributed by atoms with van der Waals surface area (Å²) >= 11 is 0. The van der Waals surface area contributed by atoms with Crippen LogP contribution in [0.4, 0.5) is 0 Å². The van der Waals surface area contributed by atoms with Crippen LogP contribution in [-0.2, 0) is 6.42 Å². The van der Waals surface area contributed by atoms with E-state index >= 15 is 0 Å². The van der Waals surface area contributed by atoms with E-state index < -0.39 is 6.10 Å². The molecule has 18 heavy (non-hydrogen) atoms. The Hall–Kier alpha value is -2.11. The first kappa shape index (κ1) is 12.3. The second kappa shape index (κ2) is 5.48. The minimum atomic E-state index is -0.570. The Morgan fingerprint density at radius 3 is 2.67 bits per heavy atom. The van der Waals surface area contributed by atoms with Crippen LogP contribution in [0.15, 0.2) is 48.5 Å². The van der Waals surface area contributed by atoms with Crippen LogP contribution < -0.4 is 0 Å². The molecule has 0 spiro atoms. The van der Waals surface area contributed by atoms with Gasteiger partial charge < -0.3 is 5.11 Å². The normalized spacial score (nSPS) is 11.8. The minimum Gasteiger partial charge on any atom is -0.388 e. The first-order chi connectivity index (χ1) is 8.70. The van der Waals surface area contributed by atoms with Crippen molar-refractivity contribution in [1.29, 1.82) is 5.26 Å². The number of aliphatic hydroxyl groups is 1. The first-order valence-corrected chi connectivity index (χ1v) is 5.93. The van der Waals surface area contributed by atoms with Gasteiger partial charge in [0.05, 0.1) is 17.7 Å². The third kappa shape index (κ3) is 2.77. The van der Waals surface area contributed by atoms with E-state index in [1.165, 1.54) is 5.56 Å². The highest BCUT2D eigenvalue weighted by Crippen LogP contribution is 2.20. The molecule has 2 aromatic rings. The second-order valence-corrected chi connectivity index (χ2v) is 4.38. The number of hydrogen-bond acceptors (Lipinski definition) is 2. The number of rotatable bonds is 3. The van der Waals surface area contributed by atoms with Crippen LogP contribution >= 0.6 is 0 Å². The molecule has 0 saturated heterocycles. The zero-order valence-electron chi connectivity index (χ0n) is 10.3. The fourth-order valence-corrected chi connectivity index (χ4v) is 1.98. The highest BCUT2D eigenvalue weighted by Gasteiger charge is 2.10. The van der Waals surface area contributed by atoms with Crippen molar-refractivity contribution in [3.8, 4) is 6.07 Å². The Bertz CT molecular complexity index is 584. The van der Waals surface area contributed by atoms with E-state index in [0.717, 1.165) is 11.1 Å². The highest BCUT2D eigenvalue weighted by molar-refractivity contribution is 5.35. The molecule has 2 heteroatoms. The van der Waals surface area contributed by atoms with Crippen molar-refractivity contribution < 1.29 is 5.11 Å². The Morgan fingerprint density at radius 1 is 1.17 bits per heavy atom. The third-order valence-corrected chi connectivity index (χ3v) is 3.08. The predicted molar refractivity (Wildman–Crippen MR) is 71.0 cm³/mol. The summed E-state index contributed by atoms with van der Waals surface area (Å²) in [6.45, 7) is 2.04. The topological polar surface area (TPSA) is 44.0 Å². The number of aliphatic hydroxyl groups excluding tert-OH is 1. The molecule has 1 unspecified atom stereocenters. The maximum atomic E-state index is 10.2. The largest absolute Gasteiger partial charge is 0.388 e. The Morgan fingerprint density at radius 2 is 1.94 bits per heavy atom. The number of benzene rings is 2. The van der Waals surface area contributed by atoms with Crippen LogP contribution in [0.25, 0.3) is 0 Å². The van der Waals surface area contributed by atoms with Gasteiger partial charge >= 0.3 is 0 Å². The van der Waals surface area contributed by atoms with Gasteiger partial charge in [0, 0.05) is 6.42 Å². The highest BCUT2D eigenvalue weighted by atomic mass is 16.3. The Balaban J connectivity index is 2.20. The smallest absolute Gasteiger partial charge is 0.0991 e. The quantitative estimate of drug-likeness (QED) is 0.891. The fourth-order valence-electron chi connectivity index (χ4n) is 1.98. The van der Waals surface area contributed by atoms with Gasteiger partial charge in [0.2, 0.25) is 0 Å². The summed E-state index contributed by atoms with van der Waals surface area (Å²) in [5.74, 6) is 0. The predicted octanol–water partition coefficient (Wildman–Crippen LogP) is 3.14. The molecule has 0 aliphatic heterocycles. The summed E-state index contributed by atoms with van der Waals surface area (Å²) in [5, 5.41) is 19.1. The Labute approximate surface area is 107 Å². The molecule has 0 heterocycles. The maximum Gasteiger partial charge on any atom is 0.0991 e. The van der Waals surface area contributed by atoms with Crippen LogP contribution in [0.1, 0.15) is 28.4 Å². The van der Waals surface area contributed by atoms with Gasteiger partial charge in [-0.25, -0.2) is 0 Å². The maximum absolute atomic E-state index is 10.2. The summed E-state index contributed by atoms with van der Waals surface area (Å²) in [5.41, 5.74) is 3.67. The molecule has 0 saturated carbocycles. The van der Waals surface area contributed by atoms with Crippen molar-refractivity contribution in [2.75, 3.05) is 0 Å². The lowest BCUT2D eigenvalue weighted by atomic mass is 9.97. The zero-order valence-corrected chi connectivity index (χ0v) is 10.3. The molecule has 2 aromatic carbocycles. The number of nitriles is 1. The van der Waals surface area contributed by atoms with Crippen molar-refractivity contribution in [2.24, 2.45) is 0 Å². The fraction of sp³-hybridized carbons (Fsp3) is 0.188. The number of nitrogens with zero attached hydrogens (tertiary/aromatic N) is 1. The summed E-state index contributed by atoms with van der Waals surface area (Å²) in [7, 11) is 0. The third-order valence-electron chi connectivity index (χ3n) is 3.08. The molecule has 0 bridgehead atoms. The molecule has 0 fully saturated rings. The van der Waals surface area contributed by atoms with Crippen LogP contribution in [0.2, 0.25) is 0 Å².